The number of halogens is 2. The number of nitrogens with one attached hydrogen (secondary N) is 1. The first kappa shape index (κ1) is 14.3. The van der Waals surface area contributed by atoms with Gasteiger partial charge >= 0.3 is 0 Å². The molecule has 1 aliphatic carbocycles. The van der Waals surface area contributed by atoms with E-state index in [1.807, 2.05) is 6.07 Å². The van der Waals surface area contributed by atoms with Crippen LogP contribution in [0.15, 0.2) is 24.3 Å². The molecule has 21 heavy (non-hydrogen) atoms. The topological polar surface area (TPSA) is 37.8 Å². The maximum Gasteiger partial charge on any atom is 0.161 e. The highest BCUT2D eigenvalue weighted by molar-refractivity contribution is 6.31. The minimum atomic E-state index is -0.428. The van der Waals surface area contributed by atoms with Gasteiger partial charge in [-0.1, -0.05) is 18.5 Å². The molecule has 0 radical (unpaired) electrons. The van der Waals surface area contributed by atoms with Gasteiger partial charge in [0.05, 0.1) is 5.02 Å². The average Bonchev–Trinajstić information content (AvgIpc) is 3.32. The van der Waals surface area contributed by atoms with Gasteiger partial charge in [-0.2, -0.15) is 0 Å². The van der Waals surface area contributed by atoms with E-state index in [-0.39, 0.29) is 5.02 Å². The van der Waals surface area contributed by atoms with Crippen LogP contribution in [0.2, 0.25) is 5.02 Å². The number of hydrogen-bond donors (Lipinski definition) is 1. The van der Waals surface area contributed by atoms with E-state index in [0.717, 1.165) is 30.0 Å². The maximum atomic E-state index is 13.3. The minimum Gasteiger partial charge on any atom is -0.370 e. The lowest BCUT2D eigenvalue weighted by Crippen LogP contribution is -2.05. The standard InChI is InChI=1S/C16H17ClFN3/c1-2-7-19-15-9-14(10-3-4-10)20-16(21-15)11-5-6-13(18)12(17)8-11/h5-6,8-10H,2-4,7H2,1H3,(H,19,20,21). The molecular weight excluding hydrogens is 289 g/mol. The van der Waals surface area contributed by atoms with Crippen LogP contribution in [0.4, 0.5) is 10.2 Å². The van der Waals surface area contributed by atoms with E-state index in [1.54, 1.807) is 12.1 Å². The van der Waals surface area contributed by atoms with Crippen LogP contribution in [0.3, 0.4) is 0 Å². The van der Waals surface area contributed by atoms with Gasteiger partial charge in [-0.3, -0.25) is 0 Å². The second-order valence-corrected chi connectivity index (χ2v) is 5.74. The predicted molar refractivity (Wildman–Crippen MR) is 83.2 cm³/mol. The number of anilines is 1. The molecular formula is C16H17ClFN3. The van der Waals surface area contributed by atoms with Crippen LogP contribution in [-0.2, 0) is 0 Å². The second-order valence-electron chi connectivity index (χ2n) is 5.33. The summed E-state index contributed by atoms with van der Waals surface area (Å²) in [5.41, 5.74) is 1.79. The van der Waals surface area contributed by atoms with Crippen molar-refractivity contribution in [3.8, 4) is 11.4 Å². The van der Waals surface area contributed by atoms with E-state index in [1.165, 1.54) is 18.9 Å². The molecule has 0 unspecified atom stereocenters. The quantitative estimate of drug-likeness (QED) is 0.874. The van der Waals surface area contributed by atoms with Crippen LogP contribution in [-0.4, -0.2) is 16.5 Å². The van der Waals surface area contributed by atoms with E-state index < -0.39 is 5.82 Å². The van der Waals surface area contributed by atoms with Gasteiger partial charge < -0.3 is 5.32 Å². The lowest BCUT2D eigenvalue weighted by molar-refractivity contribution is 0.628. The lowest BCUT2D eigenvalue weighted by Gasteiger charge is -2.09. The molecule has 3 rings (SSSR count). The van der Waals surface area contributed by atoms with E-state index in [2.05, 4.69) is 22.2 Å². The maximum absolute atomic E-state index is 13.3. The fraction of sp³-hybridized carbons (Fsp3) is 0.375. The molecule has 0 spiro atoms. The summed E-state index contributed by atoms with van der Waals surface area (Å²) in [6.45, 7) is 2.97. The zero-order valence-corrected chi connectivity index (χ0v) is 12.6. The second kappa shape index (κ2) is 5.98. The molecule has 2 aromatic rings. The van der Waals surface area contributed by atoms with Gasteiger partial charge in [0.2, 0.25) is 0 Å². The Hall–Kier alpha value is -1.68. The van der Waals surface area contributed by atoms with Crippen molar-refractivity contribution in [3.05, 3.63) is 40.8 Å². The number of aromatic nitrogens is 2. The first-order valence-electron chi connectivity index (χ1n) is 7.25. The molecule has 1 fully saturated rings. The minimum absolute atomic E-state index is 0.0935. The normalized spacial score (nSPS) is 14.2. The van der Waals surface area contributed by atoms with E-state index in [0.29, 0.717) is 11.7 Å². The Morgan fingerprint density at radius 2 is 2.10 bits per heavy atom. The largest absolute Gasteiger partial charge is 0.370 e. The van der Waals surface area contributed by atoms with Gasteiger partial charge in [-0.05, 0) is 37.5 Å². The highest BCUT2D eigenvalue weighted by Gasteiger charge is 2.26. The monoisotopic (exact) mass is 305 g/mol. The number of nitrogens with zero attached hydrogens (tertiary/aromatic N) is 2. The van der Waals surface area contributed by atoms with Crippen molar-refractivity contribution in [2.45, 2.75) is 32.1 Å². The number of benzene rings is 1. The third-order valence-electron chi connectivity index (χ3n) is 3.48. The fourth-order valence-corrected chi connectivity index (χ4v) is 2.34. The molecule has 3 nitrogen and oxygen atoms in total. The van der Waals surface area contributed by atoms with Crippen LogP contribution in [0.25, 0.3) is 11.4 Å². The summed E-state index contributed by atoms with van der Waals surface area (Å²) < 4.78 is 13.3. The molecule has 0 bridgehead atoms. The third-order valence-corrected chi connectivity index (χ3v) is 3.77. The first-order chi connectivity index (χ1) is 10.2. The number of rotatable bonds is 5. The molecule has 0 aliphatic heterocycles. The smallest absolute Gasteiger partial charge is 0.161 e. The van der Waals surface area contributed by atoms with Gasteiger partial charge in [0.25, 0.3) is 0 Å². The molecule has 5 heteroatoms. The molecule has 0 amide bonds. The van der Waals surface area contributed by atoms with Crippen LogP contribution in [0.5, 0.6) is 0 Å². The Morgan fingerprint density at radius 3 is 2.76 bits per heavy atom. The van der Waals surface area contributed by atoms with E-state index >= 15 is 0 Å². The van der Waals surface area contributed by atoms with Gasteiger partial charge in [0.15, 0.2) is 5.82 Å². The van der Waals surface area contributed by atoms with Crippen molar-refractivity contribution in [3.63, 3.8) is 0 Å². The molecule has 1 aliphatic rings. The van der Waals surface area contributed by atoms with Crippen LogP contribution < -0.4 is 5.32 Å². The summed E-state index contributed by atoms with van der Waals surface area (Å²) in [5, 5.41) is 3.39. The van der Waals surface area contributed by atoms with Crippen LogP contribution >= 0.6 is 11.6 Å². The van der Waals surface area contributed by atoms with Crippen LogP contribution in [0, 0.1) is 5.82 Å². The molecule has 1 saturated carbocycles. The van der Waals surface area contributed by atoms with Crippen molar-refractivity contribution in [1.29, 1.82) is 0 Å². The third kappa shape index (κ3) is 3.32. The van der Waals surface area contributed by atoms with Crippen molar-refractivity contribution in [2.24, 2.45) is 0 Å². The average molecular weight is 306 g/mol. The molecule has 1 aromatic carbocycles. The zero-order valence-electron chi connectivity index (χ0n) is 11.9. The molecule has 0 atom stereocenters. The summed E-state index contributed by atoms with van der Waals surface area (Å²) in [4.78, 5) is 9.13. The zero-order chi connectivity index (χ0) is 14.8. The molecule has 1 heterocycles. The predicted octanol–water partition coefficient (Wildman–Crippen LogP) is 4.64. The molecule has 0 saturated heterocycles. The Morgan fingerprint density at radius 1 is 1.29 bits per heavy atom. The molecule has 1 aromatic heterocycles. The summed E-state index contributed by atoms with van der Waals surface area (Å²) >= 11 is 5.86. The van der Waals surface area contributed by atoms with Crippen molar-refractivity contribution in [1.82, 2.24) is 9.97 Å². The van der Waals surface area contributed by atoms with Gasteiger partial charge in [-0.15, -0.1) is 0 Å². The first-order valence-corrected chi connectivity index (χ1v) is 7.63. The van der Waals surface area contributed by atoms with Crippen molar-refractivity contribution >= 4 is 17.4 Å². The van der Waals surface area contributed by atoms with Gasteiger partial charge in [-0.25, -0.2) is 14.4 Å². The van der Waals surface area contributed by atoms with Crippen molar-refractivity contribution < 1.29 is 4.39 Å². The summed E-state index contributed by atoms with van der Waals surface area (Å²) in [6.07, 6.45) is 3.38. The summed E-state index contributed by atoms with van der Waals surface area (Å²) in [6, 6.07) is 6.61. The summed E-state index contributed by atoms with van der Waals surface area (Å²) in [5.74, 6) is 1.53. The van der Waals surface area contributed by atoms with E-state index in [9.17, 15) is 4.39 Å². The summed E-state index contributed by atoms with van der Waals surface area (Å²) in [7, 11) is 0. The van der Waals surface area contributed by atoms with Gasteiger partial charge in [0, 0.05) is 29.8 Å². The molecule has 110 valence electrons. The number of hydrogen-bond acceptors (Lipinski definition) is 3. The Kier molecular flexibility index (Phi) is 4.06. The van der Waals surface area contributed by atoms with Crippen LogP contribution in [0.1, 0.15) is 37.8 Å². The fourth-order valence-electron chi connectivity index (χ4n) is 2.16. The van der Waals surface area contributed by atoms with Crippen molar-refractivity contribution in [2.75, 3.05) is 11.9 Å². The SMILES string of the molecule is CCCNc1cc(C2CC2)nc(-c2ccc(F)c(Cl)c2)n1. The highest BCUT2D eigenvalue weighted by Crippen LogP contribution is 2.40. The Labute approximate surface area is 128 Å². The molecule has 1 N–H and O–H groups in total. The van der Waals surface area contributed by atoms with Gasteiger partial charge in [0.1, 0.15) is 11.6 Å². The Bertz CT molecular complexity index is 656. The Balaban J connectivity index is 1.99. The highest BCUT2D eigenvalue weighted by atomic mass is 35.5. The van der Waals surface area contributed by atoms with E-state index in [4.69, 9.17) is 11.6 Å². The lowest BCUT2D eigenvalue weighted by atomic mass is 10.2.